The number of nitrogens with zero attached hydrogens (tertiary/aromatic N) is 1. The lowest BCUT2D eigenvalue weighted by molar-refractivity contribution is -0.153. The van der Waals surface area contributed by atoms with Gasteiger partial charge in [-0.25, -0.2) is 9.59 Å². The van der Waals surface area contributed by atoms with E-state index < -0.39 is 29.2 Å². The Labute approximate surface area is 130 Å². The standard InChI is InChI=1S/C15H25NO6/c1-6-20-13(19)21-11(17)15(5)8-7-9-16(10-15)12(18)22-14(2,3)4/h6-10H2,1-5H3. The van der Waals surface area contributed by atoms with Crippen molar-refractivity contribution in [3.63, 3.8) is 0 Å². The summed E-state index contributed by atoms with van der Waals surface area (Å²) in [6.45, 7) is 9.43. The van der Waals surface area contributed by atoms with Crippen LogP contribution in [0.2, 0.25) is 0 Å². The molecule has 1 aliphatic rings. The molecule has 1 rings (SSSR count). The van der Waals surface area contributed by atoms with Crippen LogP contribution in [0.15, 0.2) is 0 Å². The molecule has 1 amide bonds. The zero-order chi connectivity index (χ0) is 17.0. The number of hydrogen-bond acceptors (Lipinski definition) is 6. The highest BCUT2D eigenvalue weighted by Crippen LogP contribution is 2.31. The van der Waals surface area contributed by atoms with Gasteiger partial charge in [0.25, 0.3) is 0 Å². The lowest BCUT2D eigenvalue weighted by Gasteiger charge is -2.38. The molecular weight excluding hydrogens is 290 g/mol. The topological polar surface area (TPSA) is 82.1 Å². The zero-order valence-electron chi connectivity index (χ0n) is 13.9. The second kappa shape index (κ2) is 6.98. The fourth-order valence-corrected chi connectivity index (χ4v) is 2.23. The summed E-state index contributed by atoms with van der Waals surface area (Å²) >= 11 is 0. The minimum absolute atomic E-state index is 0.132. The highest BCUT2D eigenvalue weighted by Gasteiger charge is 2.42. The van der Waals surface area contributed by atoms with Crippen LogP contribution < -0.4 is 0 Å². The van der Waals surface area contributed by atoms with E-state index in [1.807, 2.05) is 0 Å². The predicted molar refractivity (Wildman–Crippen MR) is 78.3 cm³/mol. The van der Waals surface area contributed by atoms with Gasteiger partial charge < -0.3 is 19.1 Å². The molecule has 126 valence electrons. The Bertz CT molecular complexity index is 442. The summed E-state index contributed by atoms with van der Waals surface area (Å²) < 4.78 is 14.6. The summed E-state index contributed by atoms with van der Waals surface area (Å²) in [7, 11) is 0. The van der Waals surface area contributed by atoms with Gasteiger partial charge in [0.05, 0.1) is 12.0 Å². The van der Waals surface area contributed by atoms with Crippen molar-refractivity contribution in [3.05, 3.63) is 0 Å². The minimum Gasteiger partial charge on any atom is -0.444 e. The van der Waals surface area contributed by atoms with Crippen LogP contribution in [0.4, 0.5) is 9.59 Å². The monoisotopic (exact) mass is 315 g/mol. The van der Waals surface area contributed by atoms with E-state index in [9.17, 15) is 14.4 Å². The number of hydrogen-bond donors (Lipinski definition) is 0. The zero-order valence-corrected chi connectivity index (χ0v) is 13.9. The molecule has 1 unspecified atom stereocenters. The van der Waals surface area contributed by atoms with Crippen molar-refractivity contribution in [2.75, 3.05) is 19.7 Å². The predicted octanol–water partition coefficient (Wildman–Crippen LogP) is 2.72. The van der Waals surface area contributed by atoms with Gasteiger partial charge in [0, 0.05) is 13.1 Å². The van der Waals surface area contributed by atoms with Crippen LogP contribution in [0, 0.1) is 5.41 Å². The van der Waals surface area contributed by atoms with E-state index in [0.717, 1.165) is 0 Å². The summed E-state index contributed by atoms with van der Waals surface area (Å²) in [4.78, 5) is 37.0. The van der Waals surface area contributed by atoms with Crippen LogP contribution in [-0.4, -0.2) is 48.4 Å². The van der Waals surface area contributed by atoms with Crippen molar-refractivity contribution in [3.8, 4) is 0 Å². The van der Waals surface area contributed by atoms with Gasteiger partial charge in [-0.3, -0.25) is 4.79 Å². The molecule has 1 atom stereocenters. The Balaban J connectivity index is 2.69. The van der Waals surface area contributed by atoms with Crippen LogP contribution >= 0.6 is 0 Å². The summed E-state index contributed by atoms with van der Waals surface area (Å²) in [6, 6.07) is 0. The number of carbonyl (C=O) groups excluding carboxylic acids is 3. The molecule has 0 saturated carbocycles. The number of amides is 1. The Morgan fingerprint density at radius 3 is 2.41 bits per heavy atom. The SMILES string of the molecule is CCOC(=O)OC(=O)C1(C)CCCN(C(=O)OC(C)(C)C)C1. The first kappa shape index (κ1) is 18.3. The van der Waals surface area contributed by atoms with Crippen LogP contribution in [0.5, 0.6) is 0 Å². The molecule has 0 aromatic carbocycles. The maximum absolute atomic E-state index is 12.2. The molecule has 0 bridgehead atoms. The average molecular weight is 315 g/mol. The quantitative estimate of drug-likeness (QED) is 0.575. The van der Waals surface area contributed by atoms with Crippen molar-refractivity contribution in [1.82, 2.24) is 4.90 Å². The largest absolute Gasteiger partial charge is 0.516 e. The van der Waals surface area contributed by atoms with Gasteiger partial charge in [-0.05, 0) is 47.5 Å². The number of carbonyl (C=O) groups is 3. The second-order valence-electron chi connectivity index (χ2n) is 6.64. The molecule has 0 aliphatic carbocycles. The van der Waals surface area contributed by atoms with E-state index in [1.54, 1.807) is 34.6 Å². The van der Waals surface area contributed by atoms with Crippen molar-refractivity contribution < 1.29 is 28.6 Å². The van der Waals surface area contributed by atoms with Gasteiger partial charge in [0.15, 0.2) is 0 Å². The molecule has 0 aromatic rings. The first-order valence-corrected chi connectivity index (χ1v) is 7.44. The van der Waals surface area contributed by atoms with Crippen molar-refractivity contribution in [1.29, 1.82) is 0 Å². The van der Waals surface area contributed by atoms with Crippen molar-refractivity contribution in [2.24, 2.45) is 5.41 Å². The highest BCUT2D eigenvalue weighted by molar-refractivity contribution is 5.86. The van der Waals surface area contributed by atoms with Crippen LogP contribution in [0.3, 0.4) is 0 Å². The third-order valence-electron chi connectivity index (χ3n) is 3.28. The van der Waals surface area contributed by atoms with Crippen LogP contribution in [-0.2, 0) is 19.0 Å². The molecule has 0 N–H and O–H groups in total. The molecule has 0 spiro atoms. The fraction of sp³-hybridized carbons (Fsp3) is 0.800. The average Bonchev–Trinajstić information content (AvgIpc) is 2.37. The normalized spacial score (nSPS) is 22.0. The highest BCUT2D eigenvalue weighted by atomic mass is 16.7. The van der Waals surface area contributed by atoms with Gasteiger partial charge in [-0.2, -0.15) is 0 Å². The number of ether oxygens (including phenoxy) is 3. The molecule has 1 fully saturated rings. The van der Waals surface area contributed by atoms with E-state index in [-0.39, 0.29) is 13.2 Å². The third-order valence-corrected chi connectivity index (χ3v) is 3.28. The van der Waals surface area contributed by atoms with Gasteiger partial charge in [0.1, 0.15) is 5.60 Å². The van der Waals surface area contributed by atoms with E-state index in [1.165, 1.54) is 4.90 Å². The maximum Gasteiger partial charge on any atom is 0.516 e. The van der Waals surface area contributed by atoms with E-state index in [2.05, 4.69) is 9.47 Å². The molecule has 7 nitrogen and oxygen atoms in total. The maximum atomic E-state index is 12.2. The number of esters is 1. The van der Waals surface area contributed by atoms with Gasteiger partial charge in [-0.1, -0.05) is 0 Å². The lowest BCUT2D eigenvalue weighted by atomic mass is 9.82. The van der Waals surface area contributed by atoms with E-state index >= 15 is 0 Å². The summed E-state index contributed by atoms with van der Waals surface area (Å²) in [5.41, 5.74) is -1.54. The fourth-order valence-electron chi connectivity index (χ4n) is 2.23. The Hall–Kier alpha value is -1.79. The number of piperidine rings is 1. The molecule has 1 aliphatic heterocycles. The molecule has 1 heterocycles. The summed E-state index contributed by atoms with van der Waals surface area (Å²) in [5, 5.41) is 0. The Kier molecular flexibility index (Phi) is 5.79. The van der Waals surface area contributed by atoms with Crippen molar-refractivity contribution in [2.45, 2.75) is 53.1 Å². The van der Waals surface area contributed by atoms with E-state index in [0.29, 0.717) is 19.4 Å². The molecule has 22 heavy (non-hydrogen) atoms. The number of rotatable bonds is 2. The summed E-state index contributed by atoms with van der Waals surface area (Å²) in [6.07, 6.45) is -0.316. The van der Waals surface area contributed by atoms with Gasteiger partial charge in [0.2, 0.25) is 0 Å². The van der Waals surface area contributed by atoms with Crippen LogP contribution in [0.25, 0.3) is 0 Å². The van der Waals surface area contributed by atoms with Crippen LogP contribution in [0.1, 0.15) is 47.5 Å². The second-order valence-corrected chi connectivity index (χ2v) is 6.64. The molecule has 0 aromatic heterocycles. The molecular formula is C15H25NO6. The smallest absolute Gasteiger partial charge is 0.444 e. The first-order valence-electron chi connectivity index (χ1n) is 7.44. The molecule has 7 heteroatoms. The summed E-state index contributed by atoms with van der Waals surface area (Å²) in [5.74, 6) is -0.681. The first-order chi connectivity index (χ1) is 10.1. The van der Waals surface area contributed by atoms with Gasteiger partial charge in [-0.15, -0.1) is 0 Å². The minimum atomic E-state index is -1.01. The lowest BCUT2D eigenvalue weighted by Crippen LogP contribution is -2.50. The molecule has 0 radical (unpaired) electrons. The Morgan fingerprint density at radius 2 is 1.86 bits per heavy atom. The molecule has 1 saturated heterocycles. The van der Waals surface area contributed by atoms with Gasteiger partial charge >= 0.3 is 18.2 Å². The third kappa shape index (κ3) is 5.20. The number of likely N-dealkylation sites (tertiary alicyclic amines) is 1. The van der Waals surface area contributed by atoms with E-state index in [4.69, 9.17) is 4.74 Å². The Morgan fingerprint density at radius 1 is 1.23 bits per heavy atom. The van der Waals surface area contributed by atoms with Crippen molar-refractivity contribution >= 4 is 18.2 Å².